The Morgan fingerprint density at radius 1 is 0.917 bits per heavy atom. The number of hydrogen-bond donors (Lipinski definition) is 3. The number of carbonyl (C=O) groups is 1. The van der Waals surface area contributed by atoms with Crippen LogP contribution in [0.25, 0.3) is 11.0 Å². The zero-order chi connectivity index (χ0) is 49.5. The van der Waals surface area contributed by atoms with Crippen molar-refractivity contribution in [1.29, 1.82) is 0 Å². The van der Waals surface area contributed by atoms with E-state index in [1.165, 1.54) is 12.1 Å². The highest BCUT2D eigenvalue weighted by Gasteiger charge is 2.51. The fourth-order valence-corrected chi connectivity index (χ4v) is 13.2. The second kappa shape index (κ2) is 18.1. The zero-order valence-electron chi connectivity index (χ0n) is 39.1. The number of fused-ring (bicyclic) bond motifs is 4. The van der Waals surface area contributed by atoms with Crippen LogP contribution in [0.3, 0.4) is 0 Å². The first-order valence-corrected chi connectivity index (χ1v) is 26.0. The summed E-state index contributed by atoms with van der Waals surface area (Å²) in [5, 5.41) is 16.4. The number of ether oxygens (including phenoxy) is 5. The normalized spacial score (nSPS) is 25.3. The van der Waals surface area contributed by atoms with Gasteiger partial charge < -0.3 is 43.8 Å². The van der Waals surface area contributed by atoms with Crippen molar-refractivity contribution in [3.8, 4) is 11.6 Å². The second-order valence-corrected chi connectivity index (χ2v) is 21.7. The van der Waals surface area contributed by atoms with Crippen molar-refractivity contribution in [1.82, 2.24) is 19.6 Å². The molecule has 0 bridgehead atoms. The Hall–Kier alpha value is -6.20. The molecule has 1 amide bonds. The molecule has 1 spiro atoms. The summed E-state index contributed by atoms with van der Waals surface area (Å²) in [6.45, 7) is 3.83. The number of rotatable bonds is 9. The molecule has 12 rings (SSSR count). The topological polar surface area (TPSA) is 203 Å². The number of nitro benzene ring substituents is 1. The van der Waals surface area contributed by atoms with Crippen molar-refractivity contribution >= 4 is 55.4 Å². The van der Waals surface area contributed by atoms with E-state index in [9.17, 15) is 36.5 Å². The number of piperidine rings is 1. The van der Waals surface area contributed by atoms with E-state index >= 15 is 0 Å². The SMILES string of the molecule is O=C(NS(=O)(=O)c1cc2c(c([N+](=O)[O-])c1)N[C@H]([C@H]1COCCO1)CO2)c1ccc(N2CCC3(CC2)CC(N2CCC[C@H]2c2ccccc2C(F)(F)F)C3)cc1N1c2cc3cc[nH]c3nc2O[C@H]2COCC[C@@H]21. The van der Waals surface area contributed by atoms with E-state index in [0.29, 0.717) is 74.2 Å². The molecular formula is C50H53F3N8O10S. The van der Waals surface area contributed by atoms with E-state index in [1.54, 1.807) is 30.5 Å². The van der Waals surface area contributed by atoms with Gasteiger partial charge in [-0.2, -0.15) is 18.2 Å². The maximum atomic E-state index is 14.7. The Bertz CT molecular complexity index is 3040. The minimum absolute atomic E-state index is 0.0114. The number of halogens is 3. The van der Waals surface area contributed by atoms with E-state index in [-0.39, 0.29) is 60.4 Å². The second-order valence-electron chi connectivity index (χ2n) is 20.0. The maximum Gasteiger partial charge on any atom is 0.416 e. The number of nitrogens with one attached hydrogen (secondary N) is 3. The van der Waals surface area contributed by atoms with Gasteiger partial charge in [0.2, 0.25) is 5.88 Å². The van der Waals surface area contributed by atoms with Gasteiger partial charge in [0.15, 0.2) is 11.4 Å². The predicted molar refractivity (Wildman–Crippen MR) is 257 cm³/mol. The van der Waals surface area contributed by atoms with Crippen LogP contribution in [0, 0.1) is 15.5 Å². The van der Waals surface area contributed by atoms with Crippen molar-refractivity contribution < 1.29 is 55.0 Å². The van der Waals surface area contributed by atoms with Crippen molar-refractivity contribution in [2.24, 2.45) is 5.41 Å². The fraction of sp³-hybridized carbons (Fsp3) is 0.480. The molecule has 0 radical (unpaired) electrons. The summed E-state index contributed by atoms with van der Waals surface area (Å²) in [5.41, 5.74) is 1.70. The first-order valence-electron chi connectivity index (χ1n) is 24.5. The number of aromatic amines is 1. The van der Waals surface area contributed by atoms with Crippen molar-refractivity contribution in [3.05, 3.63) is 99.7 Å². The van der Waals surface area contributed by atoms with E-state index in [1.807, 2.05) is 23.1 Å². The minimum Gasteiger partial charge on any atom is -0.489 e. The first-order chi connectivity index (χ1) is 34.7. The van der Waals surface area contributed by atoms with E-state index < -0.39 is 61.4 Å². The molecule has 72 heavy (non-hydrogen) atoms. The molecule has 1 saturated carbocycles. The number of H-pyrrole nitrogens is 1. The number of alkyl halides is 3. The average molecular weight is 1020 g/mol. The molecule has 5 fully saturated rings. The number of anilines is 4. The molecule has 7 aliphatic rings. The van der Waals surface area contributed by atoms with Crippen LogP contribution in [0.2, 0.25) is 0 Å². The van der Waals surface area contributed by atoms with Crippen LogP contribution in [0.5, 0.6) is 11.6 Å². The number of likely N-dealkylation sites (tertiary alicyclic amines) is 1. The quantitative estimate of drug-likeness (QED) is 0.0969. The molecule has 4 saturated heterocycles. The van der Waals surface area contributed by atoms with Crippen LogP contribution in [0.15, 0.2) is 77.8 Å². The number of nitro groups is 1. The minimum atomic E-state index is -4.76. The van der Waals surface area contributed by atoms with Gasteiger partial charge >= 0.3 is 6.18 Å². The summed E-state index contributed by atoms with van der Waals surface area (Å²) < 4.78 is 103. The third-order valence-electron chi connectivity index (χ3n) is 15.8. The van der Waals surface area contributed by atoms with E-state index in [0.717, 1.165) is 61.9 Å². The molecular weight excluding hydrogens is 962 g/mol. The Labute approximate surface area is 412 Å². The fourth-order valence-electron chi connectivity index (χ4n) is 12.2. The lowest BCUT2D eigenvalue weighted by Crippen LogP contribution is -2.55. The Morgan fingerprint density at radius 2 is 1.72 bits per heavy atom. The Balaban J connectivity index is 0.835. The Kier molecular flexibility index (Phi) is 11.8. The molecule has 6 aliphatic heterocycles. The first kappa shape index (κ1) is 46.8. The highest BCUT2D eigenvalue weighted by atomic mass is 32.2. The standard InChI is InChI=1S/C50H53F3N8O10S/c51-50(52,53)35-5-2-1-4-33(35)37-6-3-14-59(37)31-24-49(25-31)11-15-58(16-12-49)30-7-8-34(39(21-30)60-38-10-17-67-28-44(38)71-48-41(60)20-29-9-13-54-46(29)56-48)47(62)57-72(65,66)32-22-40(61(63)64)45-42(23-32)70-26-36(55-45)43-27-68-18-19-69-43/h1-2,4-5,7-9,13,20-23,31,36-38,43-44,55H,3,6,10-12,14-19,24-28H2,(H,54,56)(H,57,62)/t36-,37-,38-,43+,44-/m0/s1. The largest absolute Gasteiger partial charge is 0.489 e. The number of aromatic nitrogens is 2. The molecule has 5 aromatic rings. The van der Waals surface area contributed by atoms with E-state index in [4.69, 9.17) is 28.7 Å². The number of pyridine rings is 1. The van der Waals surface area contributed by atoms with Crippen molar-refractivity contribution in [2.75, 3.05) is 74.4 Å². The summed E-state index contributed by atoms with van der Waals surface area (Å²) in [4.78, 5) is 40.4. The monoisotopic (exact) mass is 1010 g/mol. The third-order valence-corrected chi connectivity index (χ3v) is 17.1. The van der Waals surface area contributed by atoms with Crippen LogP contribution in [0.1, 0.15) is 72.5 Å². The number of carbonyl (C=O) groups excluding carboxylic acids is 1. The molecule has 18 nitrogen and oxygen atoms in total. The third kappa shape index (κ3) is 8.43. The average Bonchev–Trinajstić information content (AvgIpc) is 4.06. The van der Waals surface area contributed by atoms with Crippen LogP contribution in [0.4, 0.5) is 41.6 Å². The Morgan fingerprint density at radius 3 is 2.51 bits per heavy atom. The molecule has 8 heterocycles. The van der Waals surface area contributed by atoms with Gasteiger partial charge in [-0.3, -0.25) is 19.8 Å². The van der Waals surface area contributed by atoms with Crippen LogP contribution in [-0.4, -0.2) is 124 Å². The molecule has 2 aromatic heterocycles. The molecule has 3 aromatic carbocycles. The van der Waals surface area contributed by atoms with Crippen molar-refractivity contribution in [3.63, 3.8) is 0 Å². The highest BCUT2D eigenvalue weighted by Crippen LogP contribution is 2.55. The van der Waals surface area contributed by atoms with Gasteiger partial charge in [0.05, 0.1) is 65.1 Å². The molecule has 1 aliphatic carbocycles. The van der Waals surface area contributed by atoms with Gasteiger partial charge in [0.1, 0.15) is 30.1 Å². The number of sulfonamides is 1. The molecule has 380 valence electrons. The van der Waals surface area contributed by atoms with Gasteiger partial charge in [-0.05, 0) is 98.9 Å². The van der Waals surface area contributed by atoms with Gasteiger partial charge in [0, 0.05) is 61.2 Å². The van der Waals surface area contributed by atoms with Gasteiger partial charge in [-0.25, -0.2) is 13.1 Å². The summed E-state index contributed by atoms with van der Waals surface area (Å²) in [6, 6.07) is 16.2. The maximum absolute atomic E-state index is 14.7. The summed E-state index contributed by atoms with van der Waals surface area (Å²) in [7, 11) is -4.76. The zero-order valence-corrected chi connectivity index (χ0v) is 39.9. The van der Waals surface area contributed by atoms with Crippen molar-refractivity contribution in [2.45, 2.75) is 92.4 Å². The van der Waals surface area contributed by atoms with Gasteiger partial charge in [0.25, 0.3) is 21.6 Å². The highest BCUT2D eigenvalue weighted by molar-refractivity contribution is 7.90. The molecule has 3 N–H and O–H groups in total. The smallest absolute Gasteiger partial charge is 0.416 e. The van der Waals surface area contributed by atoms with Gasteiger partial charge in [-0.1, -0.05) is 18.2 Å². The number of benzene rings is 3. The summed E-state index contributed by atoms with van der Waals surface area (Å²) >= 11 is 0. The van der Waals surface area contributed by atoms with Crippen LogP contribution < -0.4 is 29.3 Å². The number of nitrogens with zero attached hydrogens (tertiary/aromatic N) is 5. The van der Waals surface area contributed by atoms with E-state index in [2.05, 4.69) is 24.8 Å². The lowest BCUT2D eigenvalue weighted by molar-refractivity contribution is -0.384. The number of hydrogen-bond acceptors (Lipinski definition) is 15. The molecule has 0 unspecified atom stereocenters. The molecule has 22 heteroatoms. The predicted octanol–water partition coefficient (Wildman–Crippen LogP) is 7.47. The lowest BCUT2D eigenvalue weighted by atomic mass is 9.59. The lowest BCUT2D eigenvalue weighted by Gasteiger charge is -2.56. The molecule has 5 atom stereocenters. The van der Waals surface area contributed by atoms with Crippen LogP contribution in [-0.2, 0) is 30.4 Å². The summed E-state index contributed by atoms with van der Waals surface area (Å²) in [6.07, 6.45) is 2.00. The van der Waals surface area contributed by atoms with Crippen LogP contribution >= 0.6 is 0 Å². The summed E-state index contributed by atoms with van der Waals surface area (Å²) in [5.74, 6) is -0.724. The van der Waals surface area contributed by atoms with Gasteiger partial charge in [-0.15, -0.1) is 0 Å². The number of amides is 1.